The molecule has 0 fully saturated rings. The van der Waals surface area contributed by atoms with Gasteiger partial charge in [0.05, 0.1) is 0 Å². The Morgan fingerprint density at radius 1 is 1.55 bits per heavy atom. The van der Waals surface area contributed by atoms with Crippen LogP contribution in [0.1, 0.15) is 5.69 Å². The van der Waals surface area contributed by atoms with E-state index in [4.69, 9.17) is 5.26 Å². The molecule has 3 heteroatoms. The van der Waals surface area contributed by atoms with Crippen molar-refractivity contribution in [3.63, 3.8) is 0 Å². The van der Waals surface area contributed by atoms with Gasteiger partial charge in [-0.3, -0.25) is 4.98 Å². The molecule has 0 spiro atoms. The average molecular weight is 143 g/mol. The summed E-state index contributed by atoms with van der Waals surface area (Å²) in [6.07, 6.45) is 5.19. The van der Waals surface area contributed by atoms with Crippen LogP contribution in [0.2, 0.25) is 0 Å². The van der Waals surface area contributed by atoms with Crippen molar-refractivity contribution in [2.75, 3.05) is 0 Å². The first-order chi connectivity index (χ1) is 5.42. The Morgan fingerprint density at radius 2 is 2.45 bits per heavy atom. The van der Waals surface area contributed by atoms with E-state index in [0.29, 0.717) is 5.69 Å². The fourth-order valence-corrected chi connectivity index (χ4v) is 1.06. The molecule has 0 saturated heterocycles. The van der Waals surface area contributed by atoms with Crippen LogP contribution in [0.25, 0.3) is 10.8 Å². The van der Waals surface area contributed by atoms with Crippen LogP contribution in [0.4, 0.5) is 0 Å². The summed E-state index contributed by atoms with van der Waals surface area (Å²) in [5, 5.41) is 10.5. The molecule has 0 amide bonds. The van der Waals surface area contributed by atoms with Crippen LogP contribution in [0.3, 0.4) is 0 Å². The van der Waals surface area contributed by atoms with Crippen molar-refractivity contribution in [2.24, 2.45) is 0 Å². The number of hydrogen-bond acceptors (Lipinski definition) is 2. The number of rotatable bonds is 0. The van der Waals surface area contributed by atoms with Crippen molar-refractivity contribution in [3.05, 3.63) is 30.4 Å². The standard InChI is InChI=1S/C8H5N3/c9-3-8-7-5-10-2-1-6(7)4-11-8/h1-2,4-5,11H. The Bertz CT molecular complexity index is 422. The van der Waals surface area contributed by atoms with E-state index in [1.807, 2.05) is 6.07 Å². The summed E-state index contributed by atoms with van der Waals surface area (Å²) in [6.45, 7) is 0. The van der Waals surface area contributed by atoms with E-state index in [1.54, 1.807) is 18.6 Å². The third-order valence-corrected chi connectivity index (χ3v) is 1.61. The molecule has 0 aromatic carbocycles. The second-order valence-corrected chi connectivity index (χ2v) is 2.24. The van der Waals surface area contributed by atoms with Gasteiger partial charge < -0.3 is 4.98 Å². The number of aromatic nitrogens is 2. The fourth-order valence-electron chi connectivity index (χ4n) is 1.06. The summed E-state index contributed by atoms with van der Waals surface area (Å²) in [6, 6.07) is 3.92. The van der Waals surface area contributed by atoms with Gasteiger partial charge in [-0.1, -0.05) is 0 Å². The highest BCUT2D eigenvalue weighted by Crippen LogP contribution is 2.14. The van der Waals surface area contributed by atoms with Crippen molar-refractivity contribution in [1.29, 1.82) is 5.26 Å². The number of fused-ring (bicyclic) bond motifs is 1. The van der Waals surface area contributed by atoms with Gasteiger partial charge >= 0.3 is 0 Å². The molecule has 3 nitrogen and oxygen atoms in total. The predicted molar refractivity (Wildman–Crippen MR) is 40.8 cm³/mol. The second kappa shape index (κ2) is 2.10. The molecule has 1 N–H and O–H groups in total. The third-order valence-electron chi connectivity index (χ3n) is 1.61. The zero-order chi connectivity index (χ0) is 7.68. The molecule has 2 heterocycles. The first-order valence-corrected chi connectivity index (χ1v) is 3.23. The lowest BCUT2D eigenvalue weighted by molar-refractivity contribution is 1.33. The van der Waals surface area contributed by atoms with Crippen LogP contribution in [-0.4, -0.2) is 9.97 Å². The third kappa shape index (κ3) is 0.767. The van der Waals surface area contributed by atoms with Gasteiger partial charge in [-0.05, 0) is 6.07 Å². The summed E-state index contributed by atoms with van der Waals surface area (Å²) in [4.78, 5) is 6.78. The average Bonchev–Trinajstić information content (AvgIpc) is 2.47. The summed E-state index contributed by atoms with van der Waals surface area (Å²) in [5.74, 6) is 0. The quantitative estimate of drug-likeness (QED) is 0.606. The molecule has 2 rings (SSSR count). The van der Waals surface area contributed by atoms with E-state index in [9.17, 15) is 0 Å². The van der Waals surface area contributed by atoms with Gasteiger partial charge in [0.1, 0.15) is 11.8 Å². The molecule has 0 saturated carbocycles. The van der Waals surface area contributed by atoms with Gasteiger partial charge in [-0.25, -0.2) is 0 Å². The normalized spacial score (nSPS) is 9.73. The molecule has 52 valence electrons. The number of nitrogens with one attached hydrogen (secondary N) is 1. The minimum atomic E-state index is 0.577. The lowest BCUT2D eigenvalue weighted by atomic mass is 10.2. The highest BCUT2D eigenvalue weighted by molar-refractivity contribution is 5.86. The topological polar surface area (TPSA) is 52.5 Å². The van der Waals surface area contributed by atoms with E-state index in [0.717, 1.165) is 10.8 Å². The van der Waals surface area contributed by atoms with E-state index in [2.05, 4.69) is 16.0 Å². The summed E-state index contributed by atoms with van der Waals surface area (Å²) in [7, 11) is 0. The molecule has 0 bridgehead atoms. The molecular formula is C8H5N3. The lowest BCUT2D eigenvalue weighted by Gasteiger charge is -1.84. The lowest BCUT2D eigenvalue weighted by Crippen LogP contribution is -1.73. The van der Waals surface area contributed by atoms with Gasteiger partial charge in [0.2, 0.25) is 0 Å². The Labute approximate surface area is 63.3 Å². The molecule has 0 aliphatic carbocycles. The van der Waals surface area contributed by atoms with Crippen molar-refractivity contribution < 1.29 is 0 Å². The number of nitriles is 1. The first kappa shape index (κ1) is 5.93. The number of pyridine rings is 1. The summed E-state index contributed by atoms with van der Waals surface area (Å²) in [5.41, 5.74) is 0.577. The minimum absolute atomic E-state index is 0.577. The SMILES string of the molecule is N#Cc1[nH]cc2ccncc12. The Morgan fingerprint density at radius 3 is 3.27 bits per heavy atom. The zero-order valence-electron chi connectivity index (χ0n) is 5.70. The maximum absolute atomic E-state index is 8.62. The molecule has 0 unspecified atom stereocenters. The van der Waals surface area contributed by atoms with Gasteiger partial charge in [-0.2, -0.15) is 5.26 Å². The van der Waals surface area contributed by atoms with E-state index in [1.165, 1.54) is 0 Å². The van der Waals surface area contributed by atoms with Crippen LogP contribution >= 0.6 is 0 Å². The molecule has 0 radical (unpaired) electrons. The maximum atomic E-state index is 8.62. The zero-order valence-corrected chi connectivity index (χ0v) is 5.70. The predicted octanol–water partition coefficient (Wildman–Crippen LogP) is 1.43. The van der Waals surface area contributed by atoms with E-state index >= 15 is 0 Å². The maximum Gasteiger partial charge on any atom is 0.127 e. The van der Waals surface area contributed by atoms with Crippen molar-refractivity contribution in [3.8, 4) is 6.07 Å². The van der Waals surface area contributed by atoms with Gasteiger partial charge in [0.25, 0.3) is 0 Å². The van der Waals surface area contributed by atoms with Crippen LogP contribution in [0, 0.1) is 11.3 Å². The van der Waals surface area contributed by atoms with Crippen molar-refractivity contribution in [1.82, 2.24) is 9.97 Å². The molecule has 0 atom stereocenters. The smallest absolute Gasteiger partial charge is 0.127 e. The number of nitrogens with zero attached hydrogens (tertiary/aromatic N) is 2. The van der Waals surface area contributed by atoms with E-state index in [-0.39, 0.29) is 0 Å². The highest BCUT2D eigenvalue weighted by atomic mass is 14.7. The van der Waals surface area contributed by atoms with Gasteiger partial charge in [-0.15, -0.1) is 0 Å². The molecule has 2 aromatic rings. The van der Waals surface area contributed by atoms with E-state index < -0.39 is 0 Å². The van der Waals surface area contributed by atoms with Gasteiger partial charge in [0.15, 0.2) is 0 Å². The number of H-pyrrole nitrogens is 1. The van der Waals surface area contributed by atoms with Crippen LogP contribution in [0.15, 0.2) is 24.7 Å². The van der Waals surface area contributed by atoms with Crippen LogP contribution < -0.4 is 0 Å². The monoisotopic (exact) mass is 143 g/mol. The number of aromatic amines is 1. The number of hydrogen-bond donors (Lipinski definition) is 1. The van der Waals surface area contributed by atoms with Crippen LogP contribution in [-0.2, 0) is 0 Å². The van der Waals surface area contributed by atoms with Crippen molar-refractivity contribution >= 4 is 10.8 Å². The van der Waals surface area contributed by atoms with Crippen molar-refractivity contribution in [2.45, 2.75) is 0 Å². The fraction of sp³-hybridized carbons (Fsp3) is 0. The van der Waals surface area contributed by atoms with Crippen LogP contribution in [0.5, 0.6) is 0 Å². The summed E-state index contributed by atoms with van der Waals surface area (Å²) >= 11 is 0. The first-order valence-electron chi connectivity index (χ1n) is 3.23. The molecule has 0 aliphatic rings. The Kier molecular flexibility index (Phi) is 1.13. The molecule has 2 aromatic heterocycles. The molecular weight excluding hydrogens is 138 g/mol. The molecule has 0 aliphatic heterocycles. The van der Waals surface area contributed by atoms with Gasteiger partial charge in [0, 0.05) is 29.4 Å². The highest BCUT2D eigenvalue weighted by Gasteiger charge is 1.99. The Balaban J connectivity index is 2.89. The summed E-state index contributed by atoms with van der Waals surface area (Å²) < 4.78 is 0. The molecule has 11 heavy (non-hydrogen) atoms. The Hall–Kier alpha value is -1.82. The largest absolute Gasteiger partial charge is 0.352 e. The second-order valence-electron chi connectivity index (χ2n) is 2.24. The minimum Gasteiger partial charge on any atom is -0.352 e.